The molecule has 35 heavy (non-hydrogen) atoms. The highest BCUT2D eigenvalue weighted by atomic mass is 35.5. The van der Waals surface area contributed by atoms with Gasteiger partial charge in [0.1, 0.15) is 6.33 Å². The summed E-state index contributed by atoms with van der Waals surface area (Å²) in [6, 6.07) is 3.35. The van der Waals surface area contributed by atoms with Crippen LogP contribution in [0.5, 0.6) is 0 Å². The lowest BCUT2D eigenvalue weighted by Crippen LogP contribution is -2.28. The van der Waals surface area contributed by atoms with Crippen molar-refractivity contribution in [2.45, 2.75) is 46.1 Å². The summed E-state index contributed by atoms with van der Waals surface area (Å²) in [6.45, 7) is 9.54. The standard InChI is InChI=1S/C23H26ClN9O2/c1-12-15(13(2)28-20(34)19-30-21(35-32-19)23(3,4)5)7-8-16(17(12)24)18-25-11-26-22(31-18)29-14-9-27-33(6)10-14/h7-11,13H,1-6H3,(H,28,34)(H,25,26,29,31)/t13-/m1/s1. The van der Waals surface area contributed by atoms with Crippen molar-refractivity contribution in [1.82, 2.24) is 40.2 Å². The smallest absolute Gasteiger partial charge is 0.293 e. The van der Waals surface area contributed by atoms with Crippen LogP contribution in [0.1, 0.15) is 61.4 Å². The van der Waals surface area contributed by atoms with Crippen LogP contribution in [0, 0.1) is 6.92 Å². The molecule has 182 valence electrons. The summed E-state index contributed by atoms with van der Waals surface area (Å²) in [5, 5.41) is 14.4. The van der Waals surface area contributed by atoms with Crippen LogP contribution in [0.4, 0.5) is 11.6 Å². The first-order valence-corrected chi connectivity index (χ1v) is 11.3. The minimum Gasteiger partial charge on any atom is -0.343 e. The maximum absolute atomic E-state index is 12.7. The van der Waals surface area contributed by atoms with Gasteiger partial charge in [0.15, 0.2) is 5.82 Å². The lowest BCUT2D eigenvalue weighted by Gasteiger charge is -2.18. The summed E-state index contributed by atoms with van der Waals surface area (Å²) in [6.07, 6.45) is 4.90. The molecule has 3 heterocycles. The van der Waals surface area contributed by atoms with Gasteiger partial charge in [-0.2, -0.15) is 15.1 Å². The molecule has 0 bridgehead atoms. The van der Waals surface area contributed by atoms with Crippen molar-refractivity contribution >= 4 is 29.1 Å². The topological polar surface area (TPSA) is 137 Å². The highest BCUT2D eigenvalue weighted by Gasteiger charge is 2.25. The number of nitrogens with one attached hydrogen (secondary N) is 2. The fraction of sp³-hybridized carbons (Fsp3) is 0.348. The molecule has 0 saturated carbocycles. The van der Waals surface area contributed by atoms with Gasteiger partial charge in [-0.1, -0.05) is 43.6 Å². The first-order chi connectivity index (χ1) is 16.5. The Morgan fingerprint density at radius 1 is 1.20 bits per heavy atom. The molecule has 4 aromatic rings. The lowest BCUT2D eigenvalue weighted by molar-refractivity contribution is 0.0926. The molecular weight excluding hydrogens is 470 g/mol. The molecule has 12 heteroatoms. The van der Waals surface area contributed by atoms with Crippen LogP contribution in [0.25, 0.3) is 11.4 Å². The molecule has 1 atom stereocenters. The fourth-order valence-electron chi connectivity index (χ4n) is 3.40. The molecule has 1 aromatic carbocycles. The second-order valence-corrected chi connectivity index (χ2v) is 9.55. The van der Waals surface area contributed by atoms with Crippen LogP contribution < -0.4 is 10.6 Å². The van der Waals surface area contributed by atoms with Gasteiger partial charge in [-0.25, -0.2) is 9.97 Å². The quantitative estimate of drug-likeness (QED) is 0.404. The molecular formula is C23H26ClN9O2. The molecule has 4 rings (SSSR count). The van der Waals surface area contributed by atoms with Crippen LogP contribution in [0.2, 0.25) is 5.02 Å². The Labute approximate surface area is 207 Å². The molecule has 0 saturated heterocycles. The number of amides is 1. The molecule has 3 aromatic heterocycles. The third-order valence-electron chi connectivity index (χ3n) is 5.29. The first-order valence-electron chi connectivity index (χ1n) is 10.9. The van der Waals surface area contributed by atoms with Gasteiger partial charge in [0.25, 0.3) is 11.7 Å². The van der Waals surface area contributed by atoms with E-state index >= 15 is 0 Å². The molecule has 0 aliphatic heterocycles. The number of nitrogens with zero attached hydrogens (tertiary/aromatic N) is 7. The Morgan fingerprint density at radius 3 is 2.63 bits per heavy atom. The van der Waals surface area contributed by atoms with E-state index in [9.17, 15) is 4.79 Å². The van der Waals surface area contributed by atoms with E-state index in [0.29, 0.717) is 28.2 Å². The lowest BCUT2D eigenvalue weighted by atomic mass is 9.97. The van der Waals surface area contributed by atoms with E-state index in [2.05, 4.69) is 40.8 Å². The largest absolute Gasteiger partial charge is 0.343 e. The van der Waals surface area contributed by atoms with Crippen molar-refractivity contribution in [1.29, 1.82) is 0 Å². The first kappa shape index (κ1) is 24.3. The number of benzene rings is 1. The van der Waals surface area contributed by atoms with Gasteiger partial charge in [0, 0.05) is 24.2 Å². The third kappa shape index (κ3) is 5.29. The van der Waals surface area contributed by atoms with Gasteiger partial charge < -0.3 is 15.2 Å². The molecule has 0 spiro atoms. The van der Waals surface area contributed by atoms with Crippen LogP contribution in [-0.4, -0.2) is 40.8 Å². The Balaban J connectivity index is 1.53. The molecule has 1 amide bonds. The van der Waals surface area contributed by atoms with Crippen molar-refractivity contribution in [3.63, 3.8) is 0 Å². The number of carbonyl (C=O) groups is 1. The molecule has 0 unspecified atom stereocenters. The number of aryl methyl sites for hydroxylation is 1. The Hall–Kier alpha value is -3.86. The van der Waals surface area contributed by atoms with Gasteiger partial charge >= 0.3 is 0 Å². The zero-order chi connectivity index (χ0) is 25.3. The van der Waals surface area contributed by atoms with E-state index in [0.717, 1.165) is 16.8 Å². The average molecular weight is 496 g/mol. The van der Waals surface area contributed by atoms with Crippen molar-refractivity contribution in [3.8, 4) is 11.4 Å². The Kier molecular flexibility index (Phi) is 6.53. The molecule has 0 aliphatic rings. The maximum atomic E-state index is 12.7. The van der Waals surface area contributed by atoms with Crippen molar-refractivity contribution in [2.24, 2.45) is 7.05 Å². The van der Waals surface area contributed by atoms with Gasteiger partial charge in [0.05, 0.1) is 22.9 Å². The number of aromatic nitrogens is 7. The third-order valence-corrected chi connectivity index (χ3v) is 5.77. The van der Waals surface area contributed by atoms with Gasteiger partial charge in [-0.3, -0.25) is 9.48 Å². The number of carbonyl (C=O) groups excluding carboxylic acids is 1. The number of hydrogen-bond donors (Lipinski definition) is 2. The van der Waals surface area contributed by atoms with E-state index in [-0.39, 0.29) is 17.3 Å². The van der Waals surface area contributed by atoms with Crippen molar-refractivity contribution < 1.29 is 9.32 Å². The second-order valence-electron chi connectivity index (χ2n) is 9.17. The molecule has 0 fully saturated rings. The van der Waals surface area contributed by atoms with Gasteiger partial charge in [-0.15, -0.1) is 0 Å². The maximum Gasteiger partial charge on any atom is 0.293 e. The zero-order valence-electron chi connectivity index (χ0n) is 20.3. The SMILES string of the molecule is Cc1c([C@@H](C)NC(=O)c2noc(C(C)(C)C)n2)ccc(-c2ncnc(Nc3cnn(C)c3)n2)c1Cl. The molecule has 0 aliphatic carbocycles. The summed E-state index contributed by atoms with van der Waals surface area (Å²) in [4.78, 5) is 29.8. The van der Waals surface area contributed by atoms with E-state index < -0.39 is 5.91 Å². The predicted octanol–water partition coefficient (Wildman–Crippen LogP) is 4.15. The van der Waals surface area contributed by atoms with E-state index in [4.69, 9.17) is 16.1 Å². The minimum atomic E-state index is -0.431. The molecule has 11 nitrogen and oxygen atoms in total. The van der Waals surface area contributed by atoms with Crippen molar-refractivity contribution in [2.75, 3.05) is 5.32 Å². The van der Waals surface area contributed by atoms with E-state index in [1.54, 1.807) is 10.9 Å². The molecule has 0 radical (unpaired) electrons. The highest BCUT2D eigenvalue weighted by Crippen LogP contribution is 2.33. The summed E-state index contributed by atoms with van der Waals surface area (Å²) in [5.41, 5.74) is 2.69. The monoisotopic (exact) mass is 495 g/mol. The van der Waals surface area contributed by atoms with Gasteiger partial charge in [-0.05, 0) is 31.0 Å². The zero-order valence-corrected chi connectivity index (χ0v) is 21.0. The minimum absolute atomic E-state index is 0.0130. The Morgan fingerprint density at radius 2 is 1.97 bits per heavy atom. The Bertz CT molecular complexity index is 1370. The summed E-state index contributed by atoms with van der Waals surface area (Å²) < 4.78 is 6.89. The summed E-state index contributed by atoms with van der Waals surface area (Å²) in [7, 11) is 1.82. The summed E-state index contributed by atoms with van der Waals surface area (Å²) >= 11 is 6.71. The van der Waals surface area contributed by atoms with Crippen LogP contribution in [-0.2, 0) is 12.5 Å². The van der Waals surface area contributed by atoms with E-state index in [1.807, 2.05) is 60.0 Å². The van der Waals surface area contributed by atoms with Crippen LogP contribution in [0.3, 0.4) is 0 Å². The van der Waals surface area contributed by atoms with Gasteiger partial charge in [0.2, 0.25) is 11.8 Å². The van der Waals surface area contributed by atoms with Crippen LogP contribution >= 0.6 is 11.6 Å². The highest BCUT2D eigenvalue weighted by molar-refractivity contribution is 6.34. The summed E-state index contributed by atoms with van der Waals surface area (Å²) in [5.74, 6) is 0.745. The number of halogens is 1. The molecule has 2 N–H and O–H groups in total. The second kappa shape index (κ2) is 9.41. The number of rotatable bonds is 6. The number of hydrogen-bond acceptors (Lipinski definition) is 9. The van der Waals surface area contributed by atoms with Crippen LogP contribution in [0.15, 0.2) is 35.4 Å². The van der Waals surface area contributed by atoms with Crippen molar-refractivity contribution in [3.05, 3.63) is 58.7 Å². The van der Waals surface area contributed by atoms with E-state index in [1.165, 1.54) is 6.33 Å². The normalized spacial score (nSPS) is 12.4. The number of anilines is 2. The average Bonchev–Trinajstić information content (AvgIpc) is 3.45. The fourth-order valence-corrected chi connectivity index (χ4v) is 3.66. The predicted molar refractivity (Wildman–Crippen MR) is 130 cm³/mol.